The summed E-state index contributed by atoms with van der Waals surface area (Å²) < 4.78 is 25.3. The highest BCUT2D eigenvalue weighted by Gasteiger charge is 2.38. The Morgan fingerprint density at radius 3 is 2.56 bits per heavy atom. The van der Waals surface area contributed by atoms with Crippen molar-refractivity contribution >= 4 is 5.69 Å². The zero-order valence-corrected chi connectivity index (χ0v) is 8.35. The zero-order valence-electron chi connectivity index (χ0n) is 8.35. The van der Waals surface area contributed by atoms with E-state index < -0.39 is 28.1 Å². The minimum atomic E-state index is -2.98. The lowest BCUT2D eigenvalue weighted by Gasteiger charge is -2.23. The molecule has 0 radical (unpaired) electrons. The molecule has 7 heteroatoms. The molecule has 0 spiro atoms. The van der Waals surface area contributed by atoms with E-state index in [2.05, 4.69) is 0 Å². The molecule has 0 saturated heterocycles. The van der Waals surface area contributed by atoms with Crippen LogP contribution in [0.15, 0.2) is 18.2 Å². The van der Waals surface area contributed by atoms with Crippen molar-refractivity contribution in [1.29, 1.82) is 0 Å². The van der Waals surface area contributed by atoms with Crippen molar-refractivity contribution in [3.05, 3.63) is 33.9 Å². The molecule has 1 unspecified atom stereocenters. The van der Waals surface area contributed by atoms with Crippen molar-refractivity contribution in [1.82, 2.24) is 0 Å². The number of hydrogen-bond donors (Lipinski definition) is 2. The molecule has 0 heterocycles. The molecular formula is C9H10F2N2O3. The highest BCUT2D eigenvalue weighted by atomic mass is 19.3. The van der Waals surface area contributed by atoms with Gasteiger partial charge in [0.2, 0.25) is 0 Å². The van der Waals surface area contributed by atoms with Gasteiger partial charge in [0.05, 0.1) is 10.5 Å². The molecule has 1 rings (SSSR count). The summed E-state index contributed by atoms with van der Waals surface area (Å²) in [5.41, 5.74) is 2.21. The fraction of sp³-hybridized carbons (Fsp3) is 0.333. The summed E-state index contributed by atoms with van der Waals surface area (Å²) in [7, 11) is 0. The fourth-order valence-corrected chi connectivity index (χ4v) is 1.23. The van der Waals surface area contributed by atoms with E-state index in [0.29, 0.717) is 0 Å². The molecule has 3 N–H and O–H groups in total. The van der Waals surface area contributed by atoms with Gasteiger partial charge in [-0.25, -0.2) is 8.78 Å². The normalized spacial score (nSPS) is 14.8. The summed E-state index contributed by atoms with van der Waals surface area (Å²) in [4.78, 5) is 9.81. The molecule has 0 amide bonds. The highest BCUT2D eigenvalue weighted by Crippen LogP contribution is 2.34. The van der Waals surface area contributed by atoms with Crippen LogP contribution in [-0.4, -0.2) is 16.5 Å². The Balaban J connectivity index is 3.41. The number of benzene rings is 1. The summed E-state index contributed by atoms with van der Waals surface area (Å²) in [6.07, 6.45) is -2.98. The number of nitrogens with zero attached hydrogens (tertiary/aromatic N) is 1. The summed E-state index contributed by atoms with van der Waals surface area (Å²) in [6.45, 7) is 0.972. The van der Waals surface area contributed by atoms with Crippen molar-refractivity contribution in [2.24, 2.45) is 5.73 Å². The number of nitro groups is 1. The van der Waals surface area contributed by atoms with Crippen LogP contribution in [0.5, 0.6) is 5.75 Å². The third-order valence-electron chi connectivity index (χ3n) is 2.21. The van der Waals surface area contributed by atoms with E-state index >= 15 is 0 Å². The van der Waals surface area contributed by atoms with Crippen LogP contribution in [-0.2, 0) is 5.54 Å². The third-order valence-corrected chi connectivity index (χ3v) is 2.21. The second-order valence-corrected chi connectivity index (χ2v) is 3.54. The lowest BCUT2D eigenvalue weighted by molar-refractivity contribution is -0.386. The fourth-order valence-electron chi connectivity index (χ4n) is 1.23. The van der Waals surface area contributed by atoms with Gasteiger partial charge >= 0.3 is 0 Å². The number of rotatable bonds is 3. The van der Waals surface area contributed by atoms with Gasteiger partial charge in [-0.3, -0.25) is 10.1 Å². The minimum Gasteiger partial charge on any atom is -0.508 e. The summed E-state index contributed by atoms with van der Waals surface area (Å²) >= 11 is 0. The van der Waals surface area contributed by atoms with E-state index in [1.165, 1.54) is 0 Å². The predicted octanol–water partition coefficient (Wildman–Crippen LogP) is 1.74. The molecule has 1 atom stereocenters. The van der Waals surface area contributed by atoms with E-state index in [1.54, 1.807) is 0 Å². The quantitative estimate of drug-likeness (QED) is 0.613. The van der Waals surface area contributed by atoms with Gasteiger partial charge in [-0.15, -0.1) is 0 Å². The first kappa shape index (κ1) is 12.3. The summed E-state index contributed by atoms with van der Waals surface area (Å²) in [5, 5.41) is 19.8. The summed E-state index contributed by atoms with van der Waals surface area (Å²) in [6, 6.07) is 2.87. The molecule has 0 aliphatic rings. The predicted molar refractivity (Wildman–Crippen MR) is 52.3 cm³/mol. The van der Waals surface area contributed by atoms with Gasteiger partial charge in [0.25, 0.3) is 12.1 Å². The number of phenolic OH excluding ortho intramolecular Hbond substituents is 1. The maximum absolute atomic E-state index is 12.6. The van der Waals surface area contributed by atoms with Crippen molar-refractivity contribution < 1.29 is 18.8 Å². The van der Waals surface area contributed by atoms with Gasteiger partial charge in [-0.05, 0) is 19.1 Å². The van der Waals surface area contributed by atoms with Gasteiger partial charge in [-0.2, -0.15) is 0 Å². The second kappa shape index (κ2) is 4.01. The van der Waals surface area contributed by atoms with E-state index in [9.17, 15) is 18.9 Å². The number of aromatic hydroxyl groups is 1. The smallest absolute Gasteiger partial charge is 0.274 e. The van der Waals surface area contributed by atoms with Crippen LogP contribution in [0.1, 0.15) is 12.5 Å². The maximum atomic E-state index is 12.6. The van der Waals surface area contributed by atoms with E-state index in [4.69, 9.17) is 10.8 Å². The molecule has 0 fully saturated rings. The number of halogens is 2. The first-order valence-electron chi connectivity index (χ1n) is 4.31. The monoisotopic (exact) mass is 232 g/mol. The lowest BCUT2D eigenvalue weighted by atomic mass is 9.92. The van der Waals surface area contributed by atoms with Crippen LogP contribution in [0.4, 0.5) is 14.5 Å². The van der Waals surface area contributed by atoms with Crippen LogP contribution in [0.25, 0.3) is 0 Å². The molecule has 0 aliphatic carbocycles. The Hall–Kier alpha value is -1.76. The molecule has 0 aliphatic heterocycles. The first-order chi connectivity index (χ1) is 7.26. The topological polar surface area (TPSA) is 89.4 Å². The number of nitrogens with two attached hydrogens (primary N) is 1. The largest absolute Gasteiger partial charge is 0.508 e. The average molecular weight is 232 g/mol. The molecule has 16 heavy (non-hydrogen) atoms. The van der Waals surface area contributed by atoms with E-state index in [0.717, 1.165) is 25.1 Å². The van der Waals surface area contributed by atoms with Crippen LogP contribution in [0.3, 0.4) is 0 Å². The SMILES string of the molecule is CC(N)(c1cc(O)ccc1[N+](=O)[O-])C(F)F. The molecular weight excluding hydrogens is 222 g/mol. The van der Waals surface area contributed by atoms with Gasteiger partial charge in [0, 0.05) is 6.07 Å². The van der Waals surface area contributed by atoms with Crippen LogP contribution >= 0.6 is 0 Å². The molecule has 0 bridgehead atoms. The van der Waals surface area contributed by atoms with Gasteiger partial charge in [0.15, 0.2) is 0 Å². The molecule has 0 saturated carbocycles. The molecule has 1 aromatic carbocycles. The zero-order chi connectivity index (χ0) is 12.5. The van der Waals surface area contributed by atoms with Crippen LogP contribution in [0, 0.1) is 10.1 Å². The molecule has 5 nitrogen and oxygen atoms in total. The first-order valence-corrected chi connectivity index (χ1v) is 4.31. The van der Waals surface area contributed by atoms with Gasteiger partial charge in [0.1, 0.15) is 11.3 Å². The van der Waals surface area contributed by atoms with Gasteiger partial charge in [-0.1, -0.05) is 0 Å². The van der Waals surface area contributed by atoms with Crippen molar-refractivity contribution in [2.75, 3.05) is 0 Å². The molecule has 0 aromatic heterocycles. The van der Waals surface area contributed by atoms with Crippen molar-refractivity contribution in [3.8, 4) is 5.75 Å². The minimum absolute atomic E-state index is 0.349. The van der Waals surface area contributed by atoms with Crippen LogP contribution < -0.4 is 5.73 Å². The summed E-state index contributed by atoms with van der Waals surface area (Å²) in [5.74, 6) is -0.349. The van der Waals surface area contributed by atoms with Crippen molar-refractivity contribution in [2.45, 2.75) is 18.9 Å². The Morgan fingerprint density at radius 2 is 2.12 bits per heavy atom. The maximum Gasteiger partial charge on any atom is 0.274 e. The number of hydrogen-bond acceptors (Lipinski definition) is 4. The van der Waals surface area contributed by atoms with Gasteiger partial charge < -0.3 is 10.8 Å². The molecule has 1 aromatic rings. The Kier molecular flexibility index (Phi) is 3.09. The van der Waals surface area contributed by atoms with Crippen molar-refractivity contribution in [3.63, 3.8) is 0 Å². The number of alkyl halides is 2. The van der Waals surface area contributed by atoms with E-state index in [1.807, 2.05) is 0 Å². The second-order valence-electron chi connectivity index (χ2n) is 3.54. The van der Waals surface area contributed by atoms with E-state index in [-0.39, 0.29) is 5.75 Å². The number of phenols is 1. The Labute approximate surface area is 89.6 Å². The Morgan fingerprint density at radius 1 is 1.56 bits per heavy atom. The lowest BCUT2D eigenvalue weighted by Crippen LogP contribution is -2.41. The Bertz CT molecular complexity index is 421. The van der Waals surface area contributed by atoms with Crippen LogP contribution in [0.2, 0.25) is 0 Å². The third kappa shape index (κ3) is 2.08. The standard InChI is InChI=1S/C9H10F2N2O3/c1-9(12,8(10)11)6-4-5(14)2-3-7(6)13(15)16/h2-4,8,14H,12H2,1H3. The number of nitro benzene ring substituents is 1. The average Bonchev–Trinajstić information content (AvgIpc) is 2.16. The molecule has 88 valence electrons. The highest BCUT2D eigenvalue weighted by molar-refractivity contribution is 5.48.